The van der Waals surface area contributed by atoms with Gasteiger partial charge in [0.15, 0.2) is 5.78 Å². The number of anilines is 1. The first kappa shape index (κ1) is 14.1. The van der Waals surface area contributed by atoms with Crippen molar-refractivity contribution in [2.45, 2.75) is 32.7 Å². The number of benzene rings is 1. The highest BCUT2D eigenvalue weighted by Crippen LogP contribution is 2.41. The lowest BCUT2D eigenvalue weighted by Crippen LogP contribution is -2.33. The van der Waals surface area contributed by atoms with Gasteiger partial charge in [0, 0.05) is 23.3 Å². The van der Waals surface area contributed by atoms with Crippen molar-refractivity contribution in [3.05, 3.63) is 52.7 Å². The molecule has 23 heavy (non-hydrogen) atoms. The summed E-state index contributed by atoms with van der Waals surface area (Å²) in [7, 11) is 0. The van der Waals surface area contributed by atoms with E-state index in [0.717, 1.165) is 12.1 Å². The smallest absolute Gasteiger partial charge is 0.226 e. The normalized spacial score (nSPS) is 23.3. The Bertz CT molecular complexity index is 839. The number of ketones is 1. The number of allylic oxidation sites excluding steroid dienone is 2. The molecule has 1 aromatic heterocycles. The third-order valence-electron chi connectivity index (χ3n) is 4.43. The molecule has 5 nitrogen and oxygen atoms in total. The largest absolute Gasteiger partial charge is 0.328 e. The van der Waals surface area contributed by atoms with Crippen LogP contribution in [-0.4, -0.2) is 20.5 Å². The molecule has 1 aliphatic heterocycles. The summed E-state index contributed by atoms with van der Waals surface area (Å²) in [5.74, 6) is 1.14. The zero-order valence-electron chi connectivity index (χ0n) is 13.0. The van der Waals surface area contributed by atoms with E-state index in [1.165, 1.54) is 6.07 Å². The van der Waals surface area contributed by atoms with E-state index in [4.69, 9.17) is 0 Å². The standard InChI is InChI=1S/C17H17FN4O/c1-9-7-13-15(14(23)8-9)16(11-5-3-4-6-12(11)18)22-17(20-13)19-10(2)21-22/h3-6,9,16H,7-8H2,1-2H3,(H,19,20,21)/t9-,16+/m0/s1. The molecule has 0 radical (unpaired) electrons. The zero-order valence-corrected chi connectivity index (χ0v) is 13.0. The van der Waals surface area contributed by atoms with Crippen LogP contribution < -0.4 is 5.32 Å². The summed E-state index contributed by atoms with van der Waals surface area (Å²) >= 11 is 0. The first-order valence-electron chi connectivity index (χ1n) is 7.75. The Morgan fingerprint density at radius 1 is 1.30 bits per heavy atom. The van der Waals surface area contributed by atoms with Gasteiger partial charge in [-0.1, -0.05) is 25.1 Å². The zero-order chi connectivity index (χ0) is 16.1. The predicted molar refractivity (Wildman–Crippen MR) is 83.4 cm³/mol. The lowest BCUT2D eigenvalue weighted by atomic mass is 9.81. The van der Waals surface area contributed by atoms with E-state index in [1.807, 2.05) is 6.92 Å². The van der Waals surface area contributed by atoms with Gasteiger partial charge in [0.05, 0.1) is 0 Å². The van der Waals surface area contributed by atoms with Gasteiger partial charge in [-0.3, -0.25) is 4.79 Å². The first-order valence-corrected chi connectivity index (χ1v) is 7.75. The molecule has 2 aliphatic rings. The Hall–Kier alpha value is -2.50. The minimum Gasteiger partial charge on any atom is -0.328 e. The number of fused-ring (bicyclic) bond motifs is 1. The van der Waals surface area contributed by atoms with Gasteiger partial charge in [0.25, 0.3) is 0 Å². The average Bonchev–Trinajstić information content (AvgIpc) is 2.85. The maximum atomic E-state index is 14.4. The molecule has 0 bridgehead atoms. The van der Waals surface area contributed by atoms with Crippen molar-refractivity contribution in [2.24, 2.45) is 5.92 Å². The Balaban J connectivity index is 1.95. The fraction of sp³-hybridized carbons (Fsp3) is 0.353. The highest BCUT2D eigenvalue weighted by molar-refractivity contribution is 5.99. The van der Waals surface area contributed by atoms with Crippen molar-refractivity contribution < 1.29 is 9.18 Å². The number of hydrogen-bond acceptors (Lipinski definition) is 4. The van der Waals surface area contributed by atoms with E-state index in [-0.39, 0.29) is 17.5 Å². The number of carbonyl (C=O) groups is 1. The van der Waals surface area contributed by atoms with Crippen molar-refractivity contribution in [2.75, 3.05) is 5.32 Å². The fourth-order valence-electron chi connectivity index (χ4n) is 3.50. The van der Waals surface area contributed by atoms with Crippen molar-refractivity contribution in [1.82, 2.24) is 14.8 Å². The lowest BCUT2D eigenvalue weighted by molar-refractivity contribution is -0.117. The second-order valence-electron chi connectivity index (χ2n) is 6.31. The summed E-state index contributed by atoms with van der Waals surface area (Å²) in [6.45, 7) is 3.83. The SMILES string of the molecule is Cc1nc2n(n1)[C@H](c1ccccc1F)C1=C(C[C@H](C)CC1=O)N2. The van der Waals surface area contributed by atoms with Crippen molar-refractivity contribution in [1.29, 1.82) is 0 Å². The molecular formula is C17H17FN4O. The number of nitrogens with one attached hydrogen (secondary N) is 1. The average molecular weight is 312 g/mol. The molecule has 6 heteroatoms. The Morgan fingerprint density at radius 2 is 2.09 bits per heavy atom. The van der Waals surface area contributed by atoms with Crippen LogP contribution in [0.2, 0.25) is 0 Å². The van der Waals surface area contributed by atoms with Crippen LogP contribution >= 0.6 is 0 Å². The molecule has 1 aromatic carbocycles. The van der Waals surface area contributed by atoms with Crippen LogP contribution in [0.25, 0.3) is 0 Å². The molecule has 118 valence electrons. The second kappa shape index (κ2) is 5.01. The molecule has 2 aromatic rings. The van der Waals surface area contributed by atoms with Crippen LogP contribution in [0, 0.1) is 18.7 Å². The van der Waals surface area contributed by atoms with Crippen LogP contribution in [0.15, 0.2) is 35.5 Å². The number of halogens is 1. The van der Waals surface area contributed by atoms with Gasteiger partial charge in [-0.15, -0.1) is 0 Å². The van der Waals surface area contributed by atoms with Gasteiger partial charge in [-0.05, 0) is 25.3 Å². The van der Waals surface area contributed by atoms with Crippen LogP contribution in [0.5, 0.6) is 0 Å². The molecule has 2 atom stereocenters. The molecule has 4 rings (SSSR count). The molecule has 0 amide bonds. The highest BCUT2D eigenvalue weighted by atomic mass is 19.1. The number of hydrogen-bond donors (Lipinski definition) is 1. The van der Waals surface area contributed by atoms with Gasteiger partial charge < -0.3 is 5.32 Å². The quantitative estimate of drug-likeness (QED) is 0.879. The molecule has 0 spiro atoms. The maximum Gasteiger partial charge on any atom is 0.226 e. The summed E-state index contributed by atoms with van der Waals surface area (Å²) in [6, 6.07) is 6.00. The molecule has 0 saturated carbocycles. The molecular weight excluding hydrogens is 295 g/mol. The lowest BCUT2D eigenvalue weighted by Gasteiger charge is -2.34. The van der Waals surface area contributed by atoms with Crippen molar-refractivity contribution in [3.8, 4) is 0 Å². The van der Waals surface area contributed by atoms with Crippen LogP contribution in [-0.2, 0) is 4.79 Å². The maximum absolute atomic E-state index is 14.4. The molecule has 0 fully saturated rings. The van der Waals surface area contributed by atoms with E-state index < -0.39 is 6.04 Å². The summed E-state index contributed by atoms with van der Waals surface area (Å²) in [5, 5.41) is 7.61. The van der Waals surface area contributed by atoms with Crippen molar-refractivity contribution >= 4 is 11.7 Å². The molecule has 2 heterocycles. The summed E-state index contributed by atoms with van der Waals surface area (Å²) in [5.41, 5.74) is 1.92. The number of carbonyl (C=O) groups excluding carboxylic acids is 1. The molecule has 1 aliphatic carbocycles. The Labute approximate surface area is 133 Å². The van der Waals surface area contributed by atoms with E-state index in [1.54, 1.807) is 29.8 Å². The van der Waals surface area contributed by atoms with E-state index in [0.29, 0.717) is 29.3 Å². The van der Waals surface area contributed by atoms with Crippen LogP contribution in [0.1, 0.15) is 37.2 Å². The topological polar surface area (TPSA) is 59.8 Å². The number of aryl methyl sites for hydroxylation is 1. The summed E-state index contributed by atoms with van der Waals surface area (Å²) < 4.78 is 16.0. The number of aromatic nitrogens is 3. The van der Waals surface area contributed by atoms with E-state index in [2.05, 4.69) is 15.4 Å². The molecule has 0 saturated heterocycles. The van der Waals surface area contributed by atoms with Gasteiger partial charge in [0.2, 0.25) is 5.95 Å². The summed E-state index contributed by atoms with van der Waals surface area (Å²) in [4.78, 5) is 17.0. The number of nitrogens with zero attached hydrogens (tertiary/aromatic N) is 3. The molecule has 1 N–H and O–H groups in total. The molecule has 0 unspecified atom stereocenters. The van der Waals surface area contributed by atoms with Gasteiger partial charge in [0.1, 0.15) is 17.7 Å². The fourth-order valence-corrected chi connectivity index (χ4v) is 3.50. The van der Waals surface area contributed by atoms with Crippen molar-refractivity contribution in [3.63, 3.8) is 0 Å². The van der Waals surface area contributed by atoms with Gasteiger partial charge in [-0.25, -0.2) is 9.07 Å². The van der Waals surface area contributed by atoms with E-state index >= 15 is 0 Å². The Kier molecular flexibility index (Phi) is 3.07. The summed E-state index contributed by atoms with van der Waals surface area (Å²) in [6.07, 6.45) is 1.24. The monoisotopic (exact) mass is 312 g/mol. The third-order valence-corrected chi connectivity index (χ3v) is 4.43. The minimum atomic E-state index is -0.552. The Morgan fingerprint density at radius 3 is 2.87 bits per heavy atom. The second-order valence-corrected chi connectivity index (χ2v) is 6.31. The third kappa shape index (κ3) is 2.17. The highest BCUT2D eigenvalue weighted by Gasteiger charge is 2.39. The van der Waals surface area contributed by atoms with Crippen LogP contribution in [0.4, 0.5) is 10.3 Å². The predicted octanol–water partition coefficient (Wildman–Crippen LogP) is 2.99. The van der Waals surface area contributed by atoms with E-state index in [9.17, 15) is 9.18 Å². The number of Topliss-reactive ketones (excluding diaryl/α,β-unsaturated/α-hetero) is 1. The first-order chi connectivity index (χ1) is 11.0. The van der Waals surface area contributed by atoms with Gasteiger partial charge >= 0.3 is 0 Å². The van der Waals surface area contributed by atoms with Crippen LogP contribution in [0.3, 0.4) is 0 Å². The number of rotatable bonds is 1. The van der Waals surface area contributed by atoms with Gasteiger partial charge in [-0.2, -0.15) is 10.1 Å². The minimum absolute atomic E-state index is 0.0540.